The number of aliphatic hydroxyl groups is 1. The van der Waals surface area contributed by atoms with Gasteiger partial charge in [-0.2, -0.15) is 13.2 Å². The van der Waals surface area contributed by atoms with E-state index in [1.165, 1.54) is 42.5 Å². The van der Waals surface area contributed by atoms with Gasteiger partial charge in [-0.05, 0) is 54.0 Å². The van der Waals surface area contributed by atoms with Crippen LogP contribution in [0.4, 0.5) is 13.2 Å². The second kappa shape index (κ2) is 7.31. The first-order chi connectivity index (χ1) is 11.3. The second-order valence-corrected chi connectivity index (χ2v) is 5.13. The van der Waals surface area contributed by atoms with E-state index in [-0.39, 0.29) is 24.6 Å². The Hall–Kier alpha value is -2.60. The molecule has 2 aromatic carbocycles. The summed E-state index contributed by atoms with van der Waals surface area (Å²) in [6.45, 7) is -0.160. The zero-order chi connectivity index (χ0) is 17.7. The molecule has 24 heavy (non-hydrogen) atoms. The number of aromatic hydroxyl groups is 1. The molecule has 0 amide bonds. The third-order valence-electron chi connectivity index (χ3n) is 3.41. The molecule has 0 saturated heterocycles. The fourth-order valence-electron chi connectivity index (χ4n) is 2.11. The summed E-state index contributed by atoms with van der Waals surface area (Å²) >= 11 is 0. The summed E-state index contributed by atoms with van der Waals surface area (Å²) in [5, 5.41) is 18.5. The van der Waals surface area contributed by atoms with Gasteiger partial charge in [-0.25, -0.2) is 0 Å². The molecule has 0 bridgehead atoms. The smallest absolute Gasteiger partial charge is 0.416 e. The molecule has 0 radical (unpaired) electrons. The van der Waals surface area contributed by atoms with Gasteiger partial charge in [0.1, 0.15) is 5.75 Å². The molecule has 0 aliphatic rings. The monoisotopic (exact) mass is 336 g/mol. The van der Waals surface area contributed by atoms with Crippen LogP contribution in [0.25, 0.3) is 6.08 Å². The molecule has 2 rings (SSSR count). The first-order valence-electron chi connectivity index (χ1n) is 7.13. The largest absolute Gasteiger partial charge is 0.508 e. The zero-order valence-corrected chi connectivity index (χ0v) is 12.5. The van der Waals surface area contributed by atoms with Crippen molar-refractivity contribution in [3.63, 3.8) is 0 Å². The molecule has 0 atom stereocenters. The molecule has 0 aliphatic carbocycles. The number of alkyl halides is 3. The van der Waals surface area contributed by atoms with Gasteiger partial charge in [0.25, 0.3) is 0 Å². The van der Waals surface area contributed by atoms with Gasteiger partial charge in [0.05, 0.1) is 5.56 Å². The van der Waals surface area contributed by atoms with Gasteiger partial charge < -0.3 is 10.2 Å². The topological polar surface area (TPSA) is 57.5 Å². The average molecular weight is 336 g/mol. The number of ketones is 1. The Bertz CT molecular complexity index is 747. The van der Waals surface area contributed by atoms with Gasteiger partial charge in [0, 0.05) is 12.2 Å². The molecule has 6 heteroatoms. The molecule has 0 aromatic heterocycles. The van der Waals surface area contributed by atoms with Crippen molar-refractivity contribution in [1.82, 2.24) is 0 Å². The van der Waals surface area contributed by atoms with Crippen molar-refractivity contribution < 1.29 is 28.2 Å². The number of allylic oxidation sites excluding steroid dienone is 1. The zero-order valence-electron chi connectivity index (χ0n) is 12.5. The van der Waals surface area contributed by atoms with Crippen LogP contribution in [0.2, 0.25) is 0 Å². The molecule has 2 aromatic rings. The number of carbonyl (C=O) groups is 1. The maximum atomic E-state index is 12.5. The number of benzene rings is 2. The number of halogens is 3. The van der Waals surface area contributed by atoms with Crippen molar-refractivity contribution in [3.05, 3.63) is 70.8 Å². The van der Waals surface area contributed by atoms with Gasteiger partial charge in [-0.3, -0.25) is 4.79 Å². The molecule has 2 N–H and O–H groups in total. The number of hydrogen-bond donors (Lipinski definition) is 2. The molecular formula is C18H15F3O3. The molecule has 0 spiro atoms. The van der Waals surface area contributed by atoms with Crippen molar-refractivity contribution in [2.75, 3.05) is 6.61 Å². The lowest BCUT2D eigenvalue weighted by atomic mass is 10.0. The van der Waals surface area contributed by atoms with Crippen LogP contribution in [0.3, 0.4) is 0 Å². The predicted octanol–water partition coefficient (Wildman–Crippen LogP) is 3.84. The van der Waals surface area contributed by atoms with Crippen LogP contribution in [-0.4, -0.2) is 22.6 Å². The quantitative estimate of drug-likeness (QED) is 0.644. The lowest BCUT2D eigenvalue weighted by molar-refractivity contribution is -0.137. The minimum atomic E-state index is -4.40. The Morgan fingerprint density at radius 3 is 2.33 bits per heavy atom. The van der Waals surface area contributed by atoms with E-state index < -0.39 is 11.7 Å². The Kier molecular flexibility index (Phi) is 5.41. The van der Waals surface area contributed by atoms with Crippen molar-refractivity contribution in [2.24, 2.45) is 0 Å². The van der Waals surface area contributed by atoms with Crippen LogP contribution < -0.4 is 0 Å². The number of rotatable bonds is 5. The highest BCUT2D eigenvalue weighted by Gasteiger charge is 2.29. The molecule has 0 saturated carbocycles. The first kappa shape index (κ1) is 17.7. The third kappa shape index (κ3) is 4.45. The fourth-order valence-corrected chi connectivity index (χ4v) is 2.11. The number of carbonyl (C=O) groups excluding carboxylic acids is 1. The van der Waals surface area contributed by atoms with Gasteiger partial charge in [0.2, 0.25) is 0 Å². The Balaban J connectivity index is 2.14. The summed E-state index contributed by atoms with van der Waals surface area (Å²) in [4.78, 5) is 12.1. The second-order valence-electron chi connectivity index (χ2n) is 5.13. The summed E-state index contributed by atoms with van der Waals surface area (Å²) < 4.78 is 37.4. The van der Waals surface area contributed by atoms with Gasteiger partial charge in [0.15, 0.2) is 5.78 Å². The molecule has 0 aliphatic heterocycles. The third-order valence-corrected chi connectivity index (χ3v) is 3.41. The molecular weight excluding hydrogens is 321 g/mol. The van der Waals surface area contributed by atoms with E-state index in [1.807, 2.05) is 0 Å². The van der Waals surface area contributed by atoms with E-state index in [0.717, 1.165) is 12.1 Å². The van der Waals surface area contributed by atoms with Crippen molar-refractivity contribution in [3.8, 4) is 5.75 Å². The first-order valence-corrected chi connectivity index (χ1v) is 7.13. The molecule has 0 fully saturated rings. The molecule has 0 heterocycles. The predicted molar refractivity (Wildman–Crippen MR) is 83.7 cm³/mol. The van der Waals surface area contributed by atoms with Gasteiger partial charge in [-0.1, -0.05) is 18.2 Å². The van der Waals surface area contributed by atoms with E-state index in [2.05, 4.69) is 0 Å². The van der Waals surface area contributed by atoms with Crippen molar-refractivity contribution >= 4 is 11.9 Å². The van der Waals surface area contributed by atoms with E-state index in [1.54, 1.807) is 0 Å². The van der Waals surface area contributed by atoms with Crippen LogP contribution in [0, 0.1) is 0 Å². The summed E-state index contributed by atoms with van der Waals surface area (Å²) in [7, 11) is 0. The van der Waals surface area contributed by atoms with Gasteiger partial charge in [-0.15, -0.1) is 0 Å². The normalized spacial score (nSPS) is 11.8. The Labute approximate surface area is 136 Å². The SMILES string of the molecule is O=C(/C=C/c1ccc(C(F)(F)F)cc1)c1ccc(O)c(CCO)c1. The summed E-state index contributed by atoms with van der Waals surface area (Å²) in [5.74, 6) is -0.360. The maximum Gasteiger partial charge on any atom is 0.416 e. The fraction of sp³-hybridized carbons (Fsp3) is 0.167. The average Bonchev–Trinajstić information content (AvgIpc) is 2.54. The highest BCUT2D eigenvalue weighted by atomic mass is 19.4. The van der Waals surface area contributed by atoms with Gasteiger partial charge >= 0.3 is 6.18 Å². The van der Waals surface area contributed by atoms with Crippen LogP contribution in [0.5, 0.6) is 5.75 Å². The summed E-state index contributed by atoms with van der Waals surface area (Å²) in [5.41, 5.74) is 0.481. The van der Waals surface area contributed by atoms with Crippen molar-refractivity contribution in [2.45, 2.75) is 12.6 Å². The Morgan fingerprint density at radius 1 is 1.08 bits per heavy atom. The maximum absolute atomic E-state index is 12.5. The van der Waals surface area contributed by atoms with Crippen LogP contribution in [-0.2, 0) is 12.6 Å². The molecule has 0 unspecified atom stereocenters. The highest BCUT2D eigenvalue weighted by molar-refractivity contribution is 6.07. The number of hydrogen-bond acceptors (Lipinski definition) is 3. The van der Waals surface area contributed by atoms with E-state index in [9.17, 15) is 23.1 Å². The van der Waals surface area contributed by atoms with E-state index in [0.29, 0.717) is 16.7 Å². The number of phenolic OH excluding ortho intramolecular Hbond substituents is 1. The van der Waals surface area contributed by atoms with E-state index >= 15 is 0 Å². The van der Waals surface area contributed by atoms with E-state index in [4.69, 9.17) is 5.11 Å². The summed E-state index contributed by atoms with van der Waals surface area (Å²) in [6.07, 6.45) is -1.51. The number of aliphatic hydroxyl groups excluding tert-OH is 1. The highest BCUT2D eigenvalue weighted by Crippen LogP contribution is 2.29. The van der Waals surface area contributed by atoms with Crippen LogP contribution in [0.1, 0.15) is 27.0 Å². The Morgan fingerprint density at radius 2 is 1.75 bits per heavy atom. The minimum absolute atomic E-state index is 0.00711. The number of phenols is 1. The summed E-state index contributed by atoms with van der Waals surface area (Å²) in [6, 6.07) is 8.74. The minimum Gasteiger partial charge on any atom is -0.508 e. The van der Waals surface area contributed by atoms with Crippen molar-refractivity contribution in [1.29, 1.82) is 0 Å². The van der Waals surface area contributed by atoms with Crippen LogP contribution >= 0.6 is 0 Å². The lowest BCUT2D eigenvalue weighted by Crippen LogP contribution is -2.04. The standard InChI is InChI=1S/C18H15F3O3/c19-18(20,21)15-5-1-12(2-6-15)3-7-16(23)13-4-8-17(24)14(11-13)9-10-22/h1-8,11,22,24H,9-10H2/b7-3+. The van der Waals surface area contributed by atoms with Crippen LogP contribution in [0.15, 0.2) is 48.5 Å². The molecule has 126 valence electrons. The lowest BCUT2D eigenvalue weighted by Gasteiger charge is -2.06. The molecule has 3 nitrogen and oxygen atoms in total.